The Morgan fingerprint density at radius 1 is 1.11 bits per heavy atom. The molecule has 0 radical (unpaired) electrons. The van der Waals surface area contributed by atoms with E-state index in [1.54, 1.807) is 11.3 Å². The van der Waals surface area contributed by atoms with Gasteiger partial charge >= 0.3 is 0 Å². The van der Waals surface area contributed by atoms with Crippen molar-refractivity contribution in [1.29, 1.82) is 0 Å². The van der Waals surface area contributed by atoms with Gasteiger partial charge in [-0.1, -0.05) is 37.3 Å². The summed E-state index contributed by atoms with van der Waals surface area (Å²) in [5.74, 6) is 8.78. The van der Waals surface area contributed by atoms with Crippen LogP contribution in [-0.4, -0.2) is 16.5 Å². The van der Waals surface area contributed by atoms with E-state index >= 15 is 0 Å². The second-order valence-corrected chi connectivity index (χ2v) is 11.0. The quantitative estimate of drug-likeness (QED) is 0.601. The topological polar surface area (TPSA) is 37.3 Å². The molecule has 28 heavy (non-hydrogen) atoms. The van der Waals surface area contributed by atoms with Gasteiger partial charge in [-0.05, 0) is 85.6 Å². The SMILES string of the molecule is C[C@]12CCC(=O)C=C1CC[C@@H]1[C@@H]2CC[C@@]2(C)[C@H]1CC[C@@]2(O)C#Cc1cccs1. The fourth-order valence-electron chi connectivity index (χ4n) is 7.30. The lowest BCUT2D eigenvalue weighted by Gasteiger charge is -2.58. The highest BCUT2D eigenvalue weighted by molar-refractivity contribution is 7.10. The van der Waals surface area contributed by atoms with Crippen LogP contribution in [0.3, 0.4) is 0 Å². The maximum Gasteiger partial charge on any atom is 0.155 e. The Morgan fingerprint density at radius 3 is 2.71 bits per heavy atom. The number of allylic oxidation sites excluding steroid dienone is 1. The summed E-state index contributed by atoms with van der Waals surface area (Å²) in [6.07, 6.45) is 10.0. The van der Waals surface area contributed by atoms with Crippen molar-refractivity contribution in [2.75, 3.05) is 0 Å². The lowest BCUT2D eigenvalue weighted by molar-refractivity contribution is -0.119. The number of rotatable bonds is 0. The van der Waals surface area contributed by atoms with Crippen LogP contribution in [0.2, 0.25) is 0 Å². The largest absolute Gasteiger partial charge is 0.377 e. The van der Waals surface area contributed by atoms with Crippen molar-refractivity contribution in [1.82, 2.24) is 0 Å². The van der Waals surface area contributed by atoms with E-state index in [2.05, 4.69) is 25.7 Å². The molecule has 4 aliphatic carbocycles. The molecule has 0 amide bonds. The molecular formula is C25H30O2S. The number of carbonyl (C=O) groups excluding carboxylic acids is 1. The van der Waals surface area contributed by atoms with E-state index in [1.807, 2.05) is 23.6 Å². The first-order valence-corrected chi connectivity index (χ1v) is 11.8. The van der Waals surface area contributed by atoms with Crippen molar-refractivity contribution in [2.24, 2.45) is 28.6 Å². The van der Waals surface area contributed by atoms with E-state index < -0.39 is 5.60 Å². The van der Waals surface area contributed by atoms with Crippen molar-refractivity contribution >= 4 is 17.1 Å². The summed E-state index contributed by atoms with van der Waals surface area (Å²) in [6, 6.07) is 4.05. The smallest absolute Gasteiger partial charge is 0.155 e. The number of fused-ring (bicyclic) bond motifs is 5. The van der Waals surface area contributed by atoms with E-state index in [-0.39, 0.29) is 10.8 Å². The first kappa shape index (κ1) is 18.6. The Labute approximate surface area is 172 Å². The molecule has 6 atom stereocenters. The summed E-state index contributed by atoms with van der Waals surface area (Å²) in [6.45, 7) is 4.73. The molecule has 2 nitrogen and oxygen atoms in total. The van der Waals surface area contributed by atoms with Crippen LogP contribution in [0.5, 0.6) is 0 Å². The minimum atomic E-state index is -0.869. The molecule has 3 saturated carbocycles. The van der Waals surface area contributed by atoms with E-state index in [0.29, 0.717) is 30.0 Å². The number of hydrogen-bond donors (Lipinski definition) is 1. The zero-order valence-corrected chi connectivity index (χ0v) is 17.8. The van der Waals surface area contributed by atoms with E-state index in [1.165, 1.54) is 12.0 Å². The third-order valence-electron chi connectivity index (χ3n) is 9.03. The highest BCUT2D eigenvalue weighted by Gasteiger charge is 2.63. The number of hydrogen-bond acceptors (Lipinski definition) is 3. The lowest BCUT2D eigenvalue weighted by Crippen LogP contribution is -2.54. The molecular weight excluding hydrogens is 364 g/mol. The van der Waals surface area contributed by atoms with Crippen LogP contribution in [0.1, 0.15) is 70.1 Å². The van der Waals surface area contributed by atoms with Crippen LogP contribution in [0.4, 0.5) is 0 Å². The Balaban J connectivity index is 1.46. The molecule has 0 unspecified atom stereocenters. The van der Waals surface area contributed by atoms with Gasteiger partial charge in [0.2, 0.25) is 0 Å². The third-order valence-corrected chi connectivity index (χ3v) is 9.81. The maximum atomic E-state index is 12.0. The number of ketones is 1. The molecule has 0 bridgehead atoms. The standard InChI is InChI=1S/C25H30O2S/c1-23-11-7-18(26)16-17(23)5-6-20-21(23)9-12-24(2)22(20)10-14-25(24,27)13-8-19-4-3-15-28-19/h3-4,15-16,20-22,27H,5-7,9-12,14H2,1-2H3/t20-,21+,22+,23+,24+,25+/m1/s1. The highest BCUT2D eigenvalue weighted by Crippen LogP contribution is 2.67. The fourth-order valence-corrected chi connectivity index (χ4v) is 7.87. The zero-order chi connectivity index (χ0) is 19.6. The van der Waals surface area contributed by atoms with Crippen molar-refractivity contribution < 1.29 is 9.90 Å². The maximum absolute atomic E-state index is 12.0. The first-order chi connectivity index (χ1) is 13.4. The summed E-state index contributed by atoms with van der Waals surface area (Å²) in [5, 5.41) is 13.7. The molecule has 148 valence electrons. The van der Waals surface area contributed by atoms with Gasteiger partial charge in [-0.2, -0.15) is 0 Å². The van der Waals surface area contributed by atoms with Gasteiger partial charge in [0.25, 0.3) is 0 Å². The number of aliphatic hydroxyl groups is 1. The number of carbonyl (C=O) groups is 1. The van der Waals surface area contributed by atoms with Crippen molar-refractivity contribution in [3.05, 3.63) is 34.0 Å². The molecule has 1 N–H and O–H groups in total. The van der Waals surface area contributed by atoms with Gasteiger partial charge in [0, 0.05) is 11.8 Å². The Bertz CT molecular complexity index is 887. The van der Waals surface area contributed by atoms with E-state index in [4.69, 9.17) is 0 Å². The van der Waals surface area contributed by atoms with Gasteiger partial charge in [0.1, 0.15) is 5.60 Å². The molecule has 1 aromatic heterocycles. The average molecular weight is 395 g/mol. The van der Waals surface area contributed by atoms with Gasteiger partial charge < -0.3 is 5.11 Å². The first-order valence-electron chi connectivity index (χ1n) is 10.9. The fraction of sp³-hybridized carbons (Fsp3) is 0.640. The monoisotopic (exact) mass is 394 g/mol. The molecule has 0 aliphatic heterocycles. The minimum Gasteiger partial charge on any atom is -0.377 e. The van der Waals surface area contributed by atoms with Crippen molar-refractivity contribution in [2.45, 2.75) is 70.8 Å². The highest BCUT2D eigenvalue weighted by atomic mass is 32.1. The van der Waals surface area contributed by atoms with Gasteiger partial charge in [0.05, 0.1) is 4.88 Å². The molecule has 3 fully saturated rings. The van der Waals surface area contributed by atoms with Gasteiger partial charge in [-0.25, -0.2) is 0 Å². The van der Waals surface area contributed by atoms with E-state index in [0.717, 1.165) is 43.4 Å². The molecule has 1 heterocycles. The summed E-state index contributed by atoms with van der Waals surface area (Å²) in [5.41, 5.74) is 0.633. The van der Waals surface area contributed by atoms with Crippen LogP contribution >= 0.6 is 11.3 Å². The second kappa shape index (κ2) is 6.31. The molecule has 1 aromatic rings. The second-order valence-electron chi connectivity index (χ2n) is 10.1. The van der Waals surface area contributed by atoms with Gasteiger partial charge in [0.15, 0.2) is 5.78 Å². The normalized spacial score (nSPS) is 44.6. The molecule has 5 rings (SSSR count). The summed E-state index contributed by atoms with van der Waals surface area (Å²) in [7, 11) is 0. The minimum absolute atomic E-state index is 0.111. The lowest BCUT2D eigenvalue weighted by atomic mass is 9.46. The predicted octanol–water partition coefficient (Wildman–Crippen LogP) is 5.36. The molecule has 3 heteroatoms. The van der Waals surface area contributed by atoms with Crippen LogP contribution in [0, 0.1) is 40.4 Å². The average Bonchev–Trinajstić information content (AvgIpc) is 3.28. The van der Waals surface area contributed by atoms with Gasteiger partial charge in [-0.15, -0.1) is 11.3 Å². The molecule has 0 saturated heterocycles. The molecule has 0 spiro atoms. The summed E-state index contributed by atoms with van der Waals surface area (Å²) in [4.78, 5) is 13.0. The summed E-state index contributed by atoms with van der Waals surface area (Å²) >= 11 is 1.65. The Morgan fingerprint density at radius 2 is 1.93 bits per heavy atom. The Hall–Kier alpha value is -1.37. The molecule has 0 aromatic carbocycles. The van der Waals surface area contributed by atoms with Crippen LogP contribution in [-0.2, 0) is 4.79 Å². The predicted molar refractivity (Wildman–Crippen MR) is 113 cm³/mol. The van der Waals surface area contributed by atoms with Crippen molar-refractivity contribution in [3.63, 3.8) is 0 Å². The zero-order valence-electron chi connectivity index (χ0n) is 17.0. The number of thiophene rings is 1. The van der Waals surface area contributed by atoms with Crippen LogP contribution < -0.4 is 0 Å². The van der Waals surface area contributed by atoms with Crippen LogP contribution in [0.15, 0.2) is 29.2 Å². The van der Waals surface area contributed by atoms with Crippen molar-refractivity contribution in [3.8, 4) is 11.8 Å². The van der Waals surface area contributed by atoms with E-state index in [9.17, 15) is 9.90 Å². The Kier molecular flexibility index (Phi) is 4.20. The molecule has 4 aliphatic rings. The van der Waals surface area contributed by atoms with Crippen LogP contribution in [0.25, 0.3) is 0 Å². The van der Waals surface area contributed by atoms with Gasteiger partial charge in [-0.3, -0.25) is 4.79 Å². The third kappa shape index (κ3) is 2.54. The summed E-state index contributed by atoms with van der Waals surface area (Å²) < 4.78 is 0.